The van der Waals surface area contributed by atoms with E-state index in [4.69, 9.17) is 5.84 Å². The molecule has 0 saturated heterocycles. The Morgan fingerprint density at radius 1 is 1.42 bits per heavy atom. The van der Waals surface area contributed by atoms with Gasteiger partial charge in [-0.25, -0.2) is 9.78 Å². The lowest BCUT2D eigenvalue weighted by atomic mass is 10.1. The molecule has 2 heterocycles. The van der Waals surface area contributed by atoms with Crippen LogP contribution in [0.2, 0.25) is 0 Å². The molecular formula is C11H10N6OS. The summed E-state index contributed by atoms with van der Waals surface area (Å²) in [6.07, 6.45) is 0. The number of hydrogen-bond donors (Lipinski definition) is 3. The maximum absolute atomic E-state index is 11.2. The van der Waals surface area contributed by atoms with Gasteiger partial charge in [-0.05, 0) is 17.7 Å². The van der Waals surface area contributed by atoms with Crippen molar-refractivity contribution in [2.24, 2.45) is 16.2 Å². The minimum absolute atomic E-state index is 0.181. The van der Waals surface area contributed by atoms with E-state index in [2.05, 4.69) is 26.0 Å². The second-order valence-electron chi connectivity index (χ2n) is 3.91. The predicted octanol–water partition coefficient (Wildman–Crippen LogP) is 2.40. The highest BCUT2D eigenvalue weighted by Gasteiger charge is 2.15. The molecule has 0 radical (unpaired) electrons. The molecule has 2 aromatic rings. The Hall–Kier alpha value is -2.48. The molecule has 1 aliphatic heterocycles. The number of nitrogens with one attached hydrogen (secondary N) is 2. The number of nitrogens with zero attached hydrogens (tertiary/aromatic N) is 3. The molecule has 1 aromatic carbocycles. The van der Waals surface area contributed by atoms with Crippen molar-refractivity contribution in [1.82, 2.24) is 10.3 Å². The van der Waals surface area contributed by atoms with E-state index in [9.17, 15) is 4.79 Å². The summed E-state index contributed by atoms with van der Waals surface area (Å²) in [5.41, 5.74) is 3.62. The van der Waals surface area contributed by atoms with E-state index in [-0.39, 0.29) is 6.03 Å². The lowest BCUT2D eigenvalue weighted by molar-refractivity contribution is 0.251. The van der Waals surface area contributed by atoms with Crippen LogP contribution in [0.4, 0.5) is 15.6 Å². The van der Waals surface area contributed by atoms with Crippen molar-refractivity contribution in [3.63, 3.8) is 0 Å². The molecule has 19 heavy (non-hydrogen) atoms. The summed E-state index contributed by atoms with van der Waals surface area (Å²) < 4.78 is 0. The first kappa shape index (κ1) is 11.6. The number of thiazole rings is 1. The van der Waals surface area contributed by atoms with Gasteiger partial charge in [-0.2, -0.15) is 0 Å². The summed E-state index contributed by atoms with van der Waals surface area (Å²) in [4.78, 5) is 15.5. The third-order valence-corrected chi connectivity index (χ3v) is 3.45. The van der Waals surface area contributed by atoms with Gasteiger partial charge in [0.1, 0.15) is 0 Å². The molecule has 8 heteroatoms. The number of urea groups is 1. The van der Waals surface area contributed by atoms with Gasteiger partial charge in [0.2, 0.25) is 5.13 Å². The molecule has 0 spiro atoms. The largest absolute Gasteiger partial charge is 0.334 e. The van der Waals surface area contributed by atoms with E-state index in [1.807, 2.05) is 23.6 Å². The molecule has 0 unspecified atom stereocenters. The van der Waals surface area contributed by atoms with Gasteiger partial charge >= 0.3 is 6.03 Å². The summed E-state index contributed by atoms with van der Waals surface area (Å²) in [6, 6.07) is 5.58. The highest BCUT2D eigenvalue weighted by Crippen LogP contribution is 2.30. The van der Waals surface area contributed by atoms with Crippen LogP contribution in [-0.4, -0.2) is 11.0 Å². The highest BCUT2D eigenvalue weighted by atomic mass is 32.1. The van der Waals surface area contributed by atoms with Crippen molar-refractivity contribution >= 4 is 28.2 Å². The van der Waals surface area contributed by atoms with Gasteiger partial charge in [-0.15, -0.1) is 16.5 Å². The summed E-state index contributed by atoms with van der Waals surface area (Å²) >= 11 is 1.37. The fourth-order valence-electron chi connectivity index (χ4n) is 1.86. The number of fused-ring (bicyclic) bond motifs is 1. The minimum Gasteiger partial charge on any atom is -0.334 e. The number of aromatic nitrogens is 1. The SMILES string of the molecule is NN=Nc1nc(-c2ccc3c(c2)CNC(=O)N3)cs1. The first-order chi connectivity index (χ1) is 9.26. The van der Waals surface area contributed by atoms with Crippen LogP contribution in [0.15, 0.2) is 33.9 Å². The van der Waals surface area contributed by atoms with Crippen molar-refractivity contribution in [2.45, 2.75) is 6.54 Å². The number of hydrogen-bond acceptors (Lipinski definition) is 5. The maximum atomic E-state index is 11.2. The number of amides is 2. The summed E-state index contributed by atoms with van der Waals surface area (Å²) in [6.45, 7) is 0.508. The maximum Gasteiger partial charge on any atom is 0.319 e. The zero-order chi connectivity index (χ0) is 13.2. The van der Waals surface area contributed by atoms with Gasteiger partial charge in [0, 0.05) is 23.2 Å². The Morgan fingerprint density at radius 2 is 2.32 bits per heavy atom. The van der Waals surface area contributed by atoms with Gasteiger partial charge < -0.3 is 16.5 Å². The molecule has 3 rings (SSSR count). The van der Waals surface area contributed by atoms with E-state index < -0.39 is 0 Å². The normalized spacial score (nSPS) is 14.0. The van der Waals surface area contributed by atoms with E-state index in [0.29, 0.717) is 11.7 Å². The van der Waals surface area contributed by atoms with Gasteiger partial charge in [0.15, 0.2) is 0 Å². The number of nitrogens with two attached hydrogens (primary N) is 1. The third kappa shape index (κ3) is 2.25. The zero-order valence-corrected chi connectivity index (χ0v) is 10.6. The number of benzene rings is 1. The number of rotatable bonds is 2. The molecule has 1 aromatic heterocycles. The van der Waals surface area contributed by atoms with E-state index in [1.165, 1.54) is 11.3 Å². The predicted molar refractivity (Wildman–Crippen MR) is 72.1 cm³/mol. The molecule has 4 N–H and O–H groups in total. The van der Waals surface area contributed by atoms with Crippen LogP contribution in [0.25, 0.3) is 11.3 Å². The second-order valence-corrected chi connectivity index (χ2v) is 4.75. The van der Waals surface area contributed by atoms with Gasteiger partial charge in [0.05, 0.1) is 5.69 Å². The van der Waals surface area contributed by atoms with Crippen molar-refractivity contribution in [3.8, 4) is 11.3 Å². The minimum atomic E-state index is -0.181. The van der Waals surface area contributed by atoms with Crippen LogP contribution in [0.1, 0.15) is 5.56 Å². The van der Waals surface area contributed by atoms with Crippen LogP contribution in [0.5, 0.6) is 0 Å². The number of anilines is 1. The second kappa shape index (κ2) is 4.65. The third-order valence-electron chi connectivity index (χ3n) is 2.72. The van der Waals surface area contributed by atoms with Gasteiger partial charge in [-0.1, -0.05) is 11.3 Å². The lowest BCUT2D eigenvalue weighted by Crippen LogP contribution is -2.33. The molecule has 0 fully saturated rings. The zero-order valence-electron chi connectivity index (χ0n) is 9.75. The van der Waals surface area contributed by atoms with Crippen molar-refractivity contribution < 1.29 is 4.79 Å². The van der Waals surface area contributed by atoms with Crippen molar-refractivity contribution in [2.75, 3.05) is 5.32 Å². The average Bonchev–Trinajstić information content (AvgIpc) is 2.87. The Labute approximate surface area is 112 Å². The van der Waals surface area contributed by atoms with Crippen molar-refractivity contribution in [1.29, 1.82) is 0 Å². The lowest BCUT2D eigenvalue weighted by Gasteiger charge is -2.18. The Balaban J connectivity index is 1.95. The van der Waals surface area contributed by atoms with Crippen LogP contribution < -0.4 is 16.5 Å². The average molecular weight is 274 g/mol. The molecule has 1 aliphatic rings. The summed E-state index contributed by atoms with van der Waals surface area (Å²) in [5.74, 6) is 4.99. The van der Waals surface area contributed by atoms with Crippen LogP contribution in [0.3, 0.4) is 0 Å². The van der Waals surface area contributed by atoms with Crippen molar-refractivity contribution in [3.05, 3.63) is 29.1 Å². The molecule has 0 atom stereocenters. The van der Waals surface area contributed by atoms with Gasteiger partial charge in [-0.3, -0.25) is 0 Å². The molecular weight excluding hydrogens is 264 g/mol. The van der Waals surface area contributed by atoms with Crippen LogP contribution in [0, 0.1) is 0 Å². The van der Waals surface area contributed by atoms with Crippen LogP contribution >= 0.6 is 11.3 Å². The Morgan fingerprint density at radius 3 is 3.16 bits per heavy atom. The molecule has 0 aliphatic carbocycles. The first-order valence-corrected chi connectivity index (χ1v) is 6.39. The monoisotopic (exact) mass is 274 g/mol. The van der Waals surface area contributed by atoms with E-state index in [0.717, 1.165) is 22.5 Å². The number of carbonyl (C=O) groups is 1. The quantitative estimate of drug-likeness (QED) is 0.445. The standard InChI is InChI=1S/C11H10N6OS/c12-17-16-11-15-9(5-19-11)6-1-2-8-7(3-6)4-13-10(18)14-8/h1-3,5H,4H2,(H2,12,15,16)(H2,13,14,18). The van der Waals surface area contributed by atoms with Gasteiger partial charge in [0.25, 0.3) is 0 Å². The number of carbonyl (C=O) groups excluding carboxylic acids is 1. The molecule has 0 bridgehead atoms. The Bertz CT molecular complexity index is 665. The topological polar surface area (TPSA) is 105 Å². The fraction of sp³-hybridized carbons (Fsp3) is 0.0909. The smallest absolute Gasteiger partial charge is 0.319 e. The highest BCUT2D eigenvalue weighted by molar-refractivity contribution is 7.13. The first-order valence-electron chi connectivity index (χ1n) is 5.51. The molecule has 2 amide bonds. The molecule has 0 saturated carbocycles. The van der Waals surface area contributed by atoms with Crippen LogP contribution in [-0.2, 0) is 6.54 Å². The van der Waals surface area contributed by atoms with E-state index >= 15 is 0 Å². The fourth-order valence-corrected chi connectivity index (χ4v) is 2.51. The molecule has 7 nitrogen and oxygen atoms in total. The summed E-state index contributed by atoms with van der Waals surface area (Å²) in [5, 5.41) is 14.8. The Kier molecular flexibility index (Phi) is 2.84. The summed E-state index contributed by atoms with van der Waals surface area (Å²) in [7, 11) is 0. The van der Waals surface area contributed by atoms with E-state index in [1.54, 1.807) is 0 Å². The molecule has 96 valence electrons.